The maximum Gasteiger partial charge on any atom is 0.451 e. The zero-order chi connectivity index (χ0) is 31.1. The average molecular weight is 593 g/mol. The quantitative estimate of drug-likeness (QED) is 0.320. The summed E-state index contributed by atoms with van der Waals surface area (Å²) in [5, 5.41) is 6.60. The number of ketones is 1. The van der Waals surface area contributed by atoms with Crippen LogP contribution in [0.1, 0.15) is 63.7 Å². The second-order valence-corrected chi connectivity index (χ2v) is 10.5. The van der Waals surface area contributed by atoms with E-state index in [4.69, 9.17) is 11.5 Å². The van der Waals surface area contributed by atoms with Crippen molar-refractivity contribution in [3.63, 3.8) is 0 Å². The molecule has 1 aromatic carbocycles. The van der Waals surface area contributed by atoms with Crippen LogP contribution < -0.4 is 11.5 Å². The van der Waals surface area contributed by atoms with Crippen LogP contribution in [0.4, 0.5) is 26.3 Å². The van der Waals surface area contributed by atoms with E-state index in [0.717, 1.165) is 11.0 Å². The lowest BCUT2D eigenvalue weighted by Crippen LogP contribution is -2.42. The molecular weight excluding hydrogens is 558 g/mol. The van der Waals surface area contributed by atoms with Crippen LogP contribution in [0.2, 0.25) is 0 Å². The Kier molecular flexibility index (Phi) is 11.9. The van der Waals surface area contributed by atoms with E-state index in [1.165, 1.54) is 4.90 Å². The highest BCUT2D eigenvalue weighted by atomic mass is 19.4. The number of rotatable bonds is 10. The summed E-state index contributed by atoms with van der Waals surface area (Å²) in [5.41, 5.74) is 10.7. The number of halogens is 6. The van der Waals surface area contributed by atoms with Crippen LogP contribution in [0.25, 0.3) is 0 Å². The fourth-order valence-electron chi connectivity index (χ4n) is 4.61. The summed E-state index contributed by atoms with van der Waals surface area (Å²) in [6.45, 7) is 5.40. The molecule has 9 nitrogen and oxygen atoms in total. The van der Waals surface area contributed by atoms with E-state index < -0.39 is 41.4 Å². The van der Waals surface area contributed by atoms with Gasteiger partial charge in [0.2, 0.25) is 17.6 Å². The highest BCUT2D eigenvalue weighted by molar-refractivity contribution is 5.78. The molecule has 0 aliphatic carbocycles. The van der Waals surface area contributed by atoms with Gasteiger partial charge in [-0.15, -0.1) is 10.2 Å². The van der Waals surface area contributed by atoms with Crippen LogP contribution >= 0.6 is 0 Å². The number of nitrogens with zero attached hydrogens (tertiary/aromatic N) is 4. The van der Waals surface area contributed by atoms with Gasteiger partial charge in [-0.3, -0.25) is 9.59 Å². The van der Waals surface area contributed by atoms with Gasteiger partial charge in [0.05, 0.1) is 6.54 Å². The Bertz CT molecular complexity index is 1220. The van der Waals surface area contributed by atoms with Gasteiger partial charge in [0.25, 0.3) is 0 Å². The minimum Gasteiger partial charge on any atom is -0.370 e. The molecule has 0 spiro atoms. The van der Waals surface area contributed by atoms with Crippen LogP contribution in [-0.4, -0.2) is 49.8 Å². The Labute approximate surface area is 233 Å². The minimum atomic E-state index is -4.64. The number of nitrogens with two attached hydrogens (primary N) is 2. The Hall–Kier alpha value is -3.49. The van der Waals surface area contributed by atoms with Crippen molar-refractivity contribution in [2.45, 2.75) is 78.2 Å². The Morgan fingerprint density at radius 2 is 1.61 bits per heavy atom. The number of hydrogen-bond donors (Lipinski definition) is 2. The number of benzene rings is 1. The first-order chi connectivity index (χ1) is 19.0. The maximum atomic E-state index is 13.7. The van der Waals surface area contributed by atoms with E-state index in [1.807, 2.05) is 0 Å². The molecule has 0 saturated carbocycles. The lowest BCUT2D eigenvalue weighted by molar-refractivity contribution is -0.148. The standard InChI is InChI=1S/C16H15F6N5O.C10H19NO2/c17-10-6-12(19)11(18)4-8(10)3-9(23)5-14(28)26-1-2-27-13(7-26)24-25-15(27)16(20,21)22;1-7(2)4-9(5-8(3)12)6-10(11)13/h4,6,9H,1-3,5,7,23H2;7,9H,4-6H2,1-3H3,(H2,11,13)/t;9-/m.1/s1. The van der Waals surface area contributed by atoms with Crippen molar-refractivity contribution in [1.82, 2.24) is 19.7 Å². The largest absolute Gasteiger partial charge is 0.451 e. The van der Waals surface area contributed by atoms with Crippen molar-refractivity contribution in [3.8, 4) is 0 Å². The molecule has 2 heterocycles. The lowest BCUT2D eigenvalue weighted by Gasteiger charge is -2.29. The number of Topliss-reactive ketones (excluding diaryl/α,β-unsaturated/α-hetero) is 1. The topological polar surface area (TPSA) is 137 Å². The number of alkyl halides is 3. The Morgan fingerprint density at radius 1 is 0.976 bits per heavy atom. The molecule has 1 aliphatic heterocycles. The van der Waals surface area contributed by atoms with E-state index in [0.29, 0.717) is 30.9 Å². The van der Waals surface area contributed by atoms with Gasteiger partial charge < -0.3 is 25.7 Å². The minimum absolute atomic E-state index is 0.000783. The average Bonchev–Trinajstić information content (AvgIpc) is 3.25. The number of amides is 2. The zero-order valence-corrected chi connectivity index (χ0v) is 23.0. The monoisotopic (exact) mass is 592 g/mol. The third kappa shape index (κ3) is 10.4. The van der Waals surface area contributed by atoms with Crippen LogP contribution in [-0.2, 0) is 40.1 Å². The molecule has 41 heavy (non-hydrogen) atoms. The van der Waals surface area contributed by atoms with E-state index in [-0.39, 0.29) is 61.5 Å². The summed E-state index contributed by atoms with van der Waals surface area (Å²) in [6.07, 6.45) is -3.41. The van der Waals surface area contributed by atoms with Gasteiger partial charge in [0.1, 0.15) is 11.6 Å². The molecule has 1 aromatic heterocycles. The summed E-state index contributed by atoms with van der Waals surface area (Å²) >= 11 is 0. The summed E-state index contributed by atoms with van der Waals surface area (Å²) in [6, 6.07) is 0.184. The van der Waals surface area contributed by atoms with Crippen molar-refractivity contribution in [2.75, 3.05) is 6.54 Å². The summed E-state index contributed by atoms with van der Waals surface area (Å²) < 4.78 is 79.3. The molecule has 1 unspecified atom stereocenters. The number of hydrogen-bond acceptors (Lipinski definition) is 6. The van der Waals surface area contributed by atoms with Crippen molar-refractivity contribution in [3.05, 3.63) is 46.8 Å². The molecule has 0 bridgehead atoms. The summed E-state index contributed by atoms with van der Waals surface area (Å²) in [4.78, 5) is 35.2. The second-order valence-electron chi connectivity index (χ2n) is 10.5. The molecule has 3 rings (SSSR count). The molecule has 15 heteroatoms. The number of fused-ring (bicyclic) bond motifs is 1. The van der Waals surface area contributed by atoms with Gasteiger partial charge in [-0.2, -0.15) is 13.2 Å². The first-order valence-corrected chi connectivity index (χ1v) is 12.9. The van der Waals surface area contributed by atoms with Gasteiger partial charge in [0, 0.05) is 44.5 Å². The highest BCUT2D eigenvalue weighted by Gasteiger charge is 2.40. The van der Waals surface area contributed by atoms with Crippen LogP contribution in [0.5, 0.6) is 0 Å². The van der Waals surface area contributed by atoms with Crippen molar-refractivity contribution in [1.29, 1.82) is 0 Å². The molecule has 0 radical (unpaired) electrons. The number of carbonyl (C=O) groups is 3. The van der Waals surface area contributed by atoms with Gasteiger partial charge >= 0.3 is 6.18 Å². The third-order valence-electron chi connectivity index (χ3n) is 6.24. The smallest absolute Gasteiger partial charge is 0.370 e. The van der Waals surface area contributed by atoms with Gasteiger partial charge in [-0.05, 0) is 43.2 Å². The second kappa shape index (κ2) is 14.4. The highest BCUT2D eigenvalue weighted by Crippen LogP contribution is 2.29. The van der Waals surface area contributed by atoms with Crippen molar-refractivity contribution in [2.24, 2.45) is 23.3 Å². The molecule has 1 aliphatic rings. The summed E-state index contributed by atoms with van der Waals surface area (Å²) in [5.74, 6) is -4.69. The fraction of sp³-hybridized carbons (Fsp3) is 0.577. The summed E-state index contributed by atoms with van der Waals surface area (Å²) in [7, 11) is 0. The normalized spacial score (nSPS) is 14.7. The van der Waals surface area contributed by atoms with E-state index in [1.54, 1.807) is 6.92 Å². The Balaban J connectivity index is 0.000000383. The molecular formula is C26H34F6N6O3. The maximum absolute atomic E-state index is 13.7. The van der Waals surface area contributed by atoms with E-state index >= 15 is 0 Å². The van der Waals surface area contributed by atoms with Crippen LogP contribution in [0.15, 0.2) is 12.1 Å². The third-order valence-corrected chi connectivity index (χ3v) is 6.24. The van der Waals surface area contributed by atoms with E-state index in [9.17, 15) is 40.7 Å². The lowest BCUT2D eigenvalue weighted by atomic mass is 9.90. The Morgan fingerprint density at radius 3 is 2.17 bits per heavy atom. The zero-order valence-electron chi connectivity index (χ0n) is 23.0. The van der Waals surface area contributed by atoms with Crippen LogP contribution in [0, 0.1) is 29.3 Å². The predicted octanol–water partition coefficient (Wildman–Crippen LogP) is 3.52. The molecule has 2 atom stereocenters. The first-order valence-electron chi connectivity index (χ1n) is 12.9. The molecule has 2 amide bonds. The first kappa shape index (κ1) is 33.7. The predicted molar refractivity (Wildman–Crippen MR) is 135 cm³/mol. The van der Waals surface area contributed by atoms with Crippen molar-refractivity contribution < 1.29 is 40.7 Å². The molecule has 2 aromatic rings. The van der Waals surface area contributed by atoms with E-state index in [2.05, 4.69) is 24.0 Å². The van der Waals surface area contributed by atoms with Gasteiger partial charge in [-0.1, -0.05) is 13.8 Å². The number of primary amides is 1. The molecule has 0 fully saturated rings. The molecule has 228 valence electrons. The van der Waals surface area contributed by atoms with Gasteiger partial charge in [-0.25, -0.2) is 13.2 Å². The fourth-order valence-corrected chi connectivity index (χ4v) is 4.61. The molecule has 0 saturated heterocycles. The van der Waals surface area contributed by atoms with Crippen molar-refractivity contribution >= 4 is 17.6 Å². The van der Waals surface area contributed by atoms with Crippen LogP contribution in [0.3, 0.4) is 0 Å². The molecule has 4 N–H and O–H groups in total. The number of carbonyl (C=O) groups excluding carboxylic acids is 3. The van der Waals surface area contributed by atoms with Gasteiger partial charge in [0.15, 0.2) is 17.5 Å². The number of aromatic nitrogens is 3. The SMILES string of the molecule is CC(=O)C[C@H](CC(N)=O)CC(C)C.NC(CC(=O)N1CCn2c(nnc2C(F)(F)F)C1)Cc1cc(F)c(F)cc1F.